The van der Waals surface area contributed by atoms with Gasteiger partial charge in [-0.15, -0.1) is 5.10 Å². The van der Waals surface area contributed by atoms with Crippen molar-refractivity contribution in [2.24, 2.45) is 0 Å². The molecular formula is C14H10ClN7O2. The highest BCUT2D eigenvalue weighted by Gasteiger charge is 2.10. The molecule has 2 amide bonds. The van der Waals surface area contributed by atoms with Crippen molar-refractivity contribution < 1.29 is 9.59 Å². The van der Waals surface area contributed by atoms with E-state index in [1.54, 1.807) is 24.3 Å². The Labute approximate surface area is 140 Å². The predicted octanol–water partition coefficient (Wildman–Crippen LogP) is 0.785. The van der Waals surface area contributed by atoms with Gasteiger partial charge in [-0.1, -0.05) is 11.6 Å². The molecule has 0 spiro atoms. The van der Waals surface area contributed by atoms with E-state index in [1.807, 2.05) is 0 Å². The molecule has 3 rings (SSSR count). The van der Waals surface area contributed by atoms with Gasteiger partial charge in [-0.2, -0.15) is 0 Å². The third-order valence-electron chi connectivity index (χ3n) is 3.02. The van der Waals surface area contributed by atoms with E-state index in [1.165, 1.54) is 29.3 Å². The average molecular weight is 344 g/mol. The quantitative estimate of drug-likeness (QED) is 0.536. The fourth-order valence-corrected chi connectivity index (χ4v) is 2.02. The Morgan fingerprint density at radius 1 is 1.00 bits per heavy atom. The molecule has 9 nitrogen and oxygen atoms in total. The molecule has 0 atom stereocenters. The maximum absolute atomic E-state index is 12.0. The van der Waals surface area contributed by atoms with Crippen molar-refractivity contribution in [3.05, 3.63) is 65.2 Å². The number of pyridine rings is 1. The van der Waals surface area contributed by atoms with Crippen molar-refractivity contribution in [2.75, 3.05) is 0 Å². The first kappa shape index (κ1) is 15.6. The third kappa shape index (κ3) is 3.52. The molecule has 2 aromatic heterocycles. The van der Waals surface area contributed by atoms with E-state index in [0.717, 1.165) is 0 Å². The van der Waals surface area contributed by atoms with E-state index in [9.17, 15) is 9.59 Å². The van der Waals surface area contributed by atoms with Gasteiger partial charge in [0.15, 0.2) is 0 Å². The summed E-state index contributed by atoms with van der Waals surface area (Å²) in [6.45, 7) is 0. The van der Waals surface area contributed by atoms with Crippen LogP contribution < -0.4 is 10.9 Å². The molecule has 0 aliphatic heterocycles. The van der Waals surface area contributed by atoms with Gasteiger partial charge in [0.25, 0.3) is 11.8 Å². The number of hydrazine groups is 1. The van der Waals surface area contributed by atoms with Crippen LogP contribution in [0.25, 0.3) is 5.69 Å². The number of carbonyl (C=O) groups excluding carboxylic acids is 2. The largest absolute Gasteiger partial charge is 0.269 e. The topological polar surface area (TPSA) is 115 Å². The predicted molar refractivity (Wildman–Crippen MR) is 83.3 cm³/mol. The second kappa shape index (κ2) is 6.84. The summed E-state index contributed by atoms with van der Waals surface area (Å²) in [6, 6.07) is 9.40. The first-order chi connectivity index (χ1) is 11.6. The molecule has 0 bridgehead atoms. The van der Waals surface area contributed by atoms with Gasteiger partial charge in [0.05, 0.1) is 5.69 Å². The molecular weight excluding hydrogens is 334 g/mol. The van der Waals surface area contributed by atoms with Gasteiger partial charge in [0, 0.05) is 17.3 Å². The first-order valence-electron chi connectivity index (χ1n) is 6.69. The molecule has 10 heteroatoms. The number of nitrogens with zero attached hydrogens (tertiary/aromatic N) is 5. The van der Waals surface area contributed by atoms with E-state index >= 15 is 0 Å². The zero-order valence-electron chi connectivity index (χ0n) is 12.0. The molecule has 3 aromatic rings. The van der Waals surface area contributed by atoms with E-state index in [4.69, 9.17) is 11.6 Å². The lowest BCUT2D eigenvalue weighted by Gasteiger charge is -2.08. The van der Waals surface area contributed by atoms with Crippen LogP contribution in [0.1, 0.15) is 20.7 Å². The molecule has 0 fully saturated rings. The zero-order chi connectivity index (χ0) is 16.9. The van der Waals surface area contributed by atoms with Crippen molar-refractivity contribution in [3.8, 4) is 5.69 Å². The Morgan fingerprint density at radius 3 is 2.33 bits per heavy atom. The second-order valence-electron chi connectivity index (χ2n) is 4.58. The number of rotatable bonds is 3. The van der Waals surface area contributed by atoms with Gasteiger partial charge < -0.3 is 0 Å². The number of hydrogen-bond donors (Lipinski definition) is 2. The fourth-order valence-electron chi connectivity index (χ4n) is 1.85. The number of halogens is 1. The van der Waals surface area contributed by atoms with Crippen LogP contribution >= 0.6 is 11.6 Å². The lowest BCUT2D eigenvalue weighted by Crippen LogP contribution is -2.41. The molecule has 2 N–H and O–H groups in total. The Bertz CT molecular complexity index is 865. The van der Waals surface area contributed by atoms with Gasteiger partial charge in [-0.3, -0.25) is 20.4 Å². The number of carbonyl (C=O) groups is 2. The highest BCUT2D eigenvalue weighted by Crippen LogP contribution is 2.08. The van der Waals surface area contributed by atoms with Crippen molar-refractivity contribution in [3.63, 3.8) is 0 Å². The van der Waals surface area contributed by atoms with Crippen molar-refractivity contribution >= 4 is 23.4 Å². The number of tetrazole rings is 1. The number of benzene rings is 1. The molecule has 0 saturated carbocycles. The van der Waals surface area contributed by atoms with Gasteiger partial charge >= 0.3 is 0 Å². The maximum Gasteiger partial charge on any atom is 0.269 e. The van der Waals surface area contributed by atoms with E-state index in [-0.39, 0.29) is 10.7 Å². The first-order valence-corrected chi connectivity index (χ1v) is 7.07. The summed E-state index contributed by atoms with van der Waals surface area (Å²) in [6.07, 6.45) is 2.84. The van der Waals surface area contributed by atoms with Crippen molar-refractivity contribution in [2.45, 2.75) is 0 Å². The van der Waals surface area contributed by atoms with Crippen LogP contribution in [0.15, 0.2) is 48.9 Å². The number of amides is 2. The van der Waals surface area contributed by atoms with E-state index in [0.29, 0.717) is 11.3 Å². The van der Waals surface area contributed by atoms with Crippen LogP contribution in [0.2, 0.25) is 5.15 Å². The minimum atomic E-state index is -0.502. The summed E-state index contributed by atoms with van der Waals surface area (Å²) in [7, 11) is 0. The SMILES string of the molecule is O=C(NNC(=O)c1ccnc(Cl)c1)c1ccc(-n2cnnn2)cc1. The second-order valence-corrected chi connectivity index (χ2v) is 4.96. The lowest BCUT2D eigenvalue weighted by atomic mass is 10.2. The number of nitrogens with one attached hydrogen (secondary N) is 2. The summed E-state index contributed by atoms with van der Waals surface area (Å²) in [5, 5.41) is 11.0. The van der Waals surface area contributed by atoms with E-state index < -0.39 is 11.8 Å². The van der Waals surface area contributed by atoms with Crippen molar-refractivity contribution in [1.82, 2.24) is 36.0 Å². The lowest BCUT2D eigenvalue weighted by molar-refractivity contribution is 0.0846. The number of hydrogen-bond acceptors (Lipinski definition) is 6. The molecule has 0 aliphatic carbocycles. The maximum atomic E-state index is 12.0. The van der Waals surface area contributed by atoms with Crippen molar-refractivity contribution in [1.29, 1.82) is 0 Å². The summed E-state index contributed by atoms with van der Waals surface area (Å²) in [5.74, 6) is -0.968. The van der Waals surface area contributed by atoms with Gasteiger partial charge in [-0.25, -0.2) is 9.67 Å². The Kier molecular flexibility index (Phi) is 4.43. The Morgan fingerprint density at radius 2 is 1.71 bits per heavy atom. The molecule has 1 aromatic carbocycles. The zero-order valence-corrected chi connectivity index (χ0v) is 12.8. The van der Waals surface area contributed by atoms with Gasteiger partial charge in [-0.05, 0) is 46.8 Å². The Balaban J connectivity index is 1.62. The summed E-state index contributed by atoms with van der Waals surface area (Å²) < 4.78 is 1.46. The molecule has 2 heterocycles. The van der Waals surface area contributed by atoms with Crippen LogP contribution in [0, 0.1) is 0 Å². The third-order valence-corrected chi connectivity index (χ3v) is 3.23. The average Bonchev–Trinajstić information content (AvgIpc) is 3.14. The van der Waals surface area contributed by atoms with Crippen LogP contribution in [0.4, 0.5) is 0 Å². The van der Waals surface area contributed by atoms with E-state index in [2.05, 4.69) is 31.4 Å². The summed E-state index contributed by atoms with van der Waals surface area (Å²) >= 11 is 5.71. The highest BCUT2D eigenvalue weighted by molar-refractivity contribution is 6.29. The minimum Gasteiger partial charge on any atom is -0.267 e. The molecule has 0 radical (unpaired) electrons. The minimum absolute atomic E-state index is 0.187. The standard InChI is InChI=1S/C14H10ClN7O2/c15-12-7-10(5-6-16-12)14(24)19-18-13(23)9-1-3-11(4-2-9)22-8-17-20-21-22/h1-8H,(H,18,23)(H,19,24). The van der Waals surface area contributed by atoms with Gasteiger partial charge in [0.2, 0.25) is 0 Å². The molecule has 0 unspecified atom stereocenters. The fraction of sp³-hybridized carbons (Fsp3) is 0. The van der Waals surface area contributed by atoms with Gasteiger partial charge in [0.1, 0.15) is 11.5 Å². The molecule has 120 valence electrons. The molecule has 0 saturated heterocycles. The Hall–Kier alpha value is -3.33. The van der Waals surface area contributed by atoms with Crippen LogP contribution in [-0.4, -0.2) is 37.0 Å². The van der Waals surface area contributed by atoms with Crippen LogP contribution in [0.3, 0.4) is 0 Å². The van der Waals surface area contributed by atoms with Crippen LogP contribution in [-0.2, 0) is 0 Å². The monoisotopic (exact) mass is 343 g/mol. The number of aromatic nitrogens is 5. The molecule has 24 heavy (non-hydrogen) atoms. The van der Waals surface area contributed by atoms with Crippen LogP contribution in [0.5, 0.6) is 0 Å². The summed E-state index contributed by atoms with van der Waals surface area (Å²) in [5.41, 5.74) is 5.97. The summed E-state index contributed by atoms with van der Waals surface area (Å²) in [4.78, 5) is 27.7. The normalized spacial score (nSPS) is 10.2. The molecule has 0 aliphatic rings. The highest BCUT2D eigenvalue weighted by atomic mass is 35.5. The smallest absolute Gasteiger partial charge is 0.267 e.